The average molecular weight is 257 g/mol. The molecule has 0 atom stereocenters. The van der Waals surface area contributed by atoms with Crippen LogP contribution in [0.3, 0.4) is 0 Å². The number of aryl methyl sites for hydroxylation is 1. The zero-order valence-corrected chi connectivity index (χ0v) is 10.1. The molecule has 6 nitrogen and oxygen atoms in total. The van der Waals surface area contributed by atoms with Gasteiger partial charge in [0.05, 0.1) is 0 Å². The van der Waals surface area contributed by atoms with Crippen LogP contribution < -0.4 is 5.32 Å². The number of aromatic nitrogens is 2. The summed E-state index contributed by atoms with van der Waals surface area (Å²) in [6, 6.07) is 7.70. The van der Waals surface area contributed by atoms with E-state index in [1.54, 1.807) is 12.3 Å². The maximum Gasteiger partial charge on any atom is 0.354 e. The van der Waals surface area contributed by atoms with Crippen LogP contribution in [0.5, 0.6) is 0 Å². The first-order valence-corrected chi connectivity index (χ1v) is 5.50. The molecule has 1 amide bonds. The summed E-state index contributed by atoms with van der Waals surface area (Å²) in [5.74, 6) is -1.29. The van der Waals surface area contributed by atoms with E-state index in [1.807, 2.05) is 13.0 Å². The number of amides is 1. The van der Waals surface area contributed by atoms with Crippen molar-refractivity contribution in [1.29, 1.82) is 0 Å². The second-order valence-corrected chi connectivity index (χ2v) is 3.89. The van der Waals surface area contributed by atoms with Gasteiger partial charge in [-0.3, -0.25) is 4.79 Å². The molecule has 2 N–H and O–H groups in total. The predicted octanol–water partition coefficient (Wildman–Crippen LogP) is 1.74. The van der Waals surface area contributed by atoms with E-state index in [9.17, 15) is 9.59 Å². The first kappa shape index (κ1) is 12.7. The third-order valence-corrected chi connectivity index (χ3v) is 2.35. The van der Waals surface area contributed by atoms with Crippen LogP contribution in [0.25, 0.3) is 0 Å². The van der Waals surface area contributed by atoms with E-state index in [1.165, 1.54) is 18.2 Å². The Hall–Kier alpha value is -2.76. The van der Waals surface area contributed by atoms with Crippen molar-refractivity contribution in [2.45, 2.75) is 6.92 Å². The Bertz CT molecular complexity index is 623. The topological polar surface area (TPSA) is 92.2 Å². The maximum absolute atomic E-state index is 11.9. The third-order valence-electron chi connectivity index (χ3n) is 2.35. The van der Waals surface area contributed by atoms with Crippen molar-refractivity contribution in [3.8, 4) is 0 Å². The van der Waals surface area contributed by atoms with Crippen LogP contribution in [0.2, 0.25) is 0 Å². The number of carbonyl (C=O) groups is 2. The standard InChI is InChI=1S/C13H11N3O3/c1-8-5-6-11(14-7-8)16-12(17)9-3-2-4-10(15-9)13(18)19/h2-7H,1H3,(H,18,19)(H,14,16,17). The average Bonchev–Trinajstić information content (AvgIpc) is 2.41. The first-order valence-electron chi connectivity index (χ1n) is 5.50. The molecule has 0 saturated carbocycles. The van der Waals surface area contributed by atoms with Crippen molar-refractivity contribution in [3.63, 3.8) is 0 Å². The van der Waals surface area contributed by atoms with Gasteiger partial charge in [0, 0.05) is 6.20 Å². The van der Waals surface area contributed by atoms with Gasteiger partial charge in [0.1, 0.15) is 17.2 Å². The van der Waals surface area contributed by atoms with Gasteiger partial charge in [-0.1, -0.05) is 12.1 Å². The number of rotatable bonds is 3. The minimum absolute atomic E-state index is 0.0299. The third kappa shape index (κ3) is 3.12. The molecule has 0 aliphatic carbocycles. The van der Waals surface area contributed by atoms with E-state index in [0.717, 1.165) is 5.56 Å². The maximum atomic E-state index is 11.9. The summed E-state index contributed by atoms with van der Waals surface area (Å²) in [6.07, 6.45) is 1.62. The second kappa shape index (κ2) is 5.26. The molecule has 0 aliphatic heterocycles. The number of carboxylic acid groups (broad SMARTS) is 1. The molecule has 0 radical (unpaired) electrons. The molecule has 19 heavy (non-hydrogen) atoms. The molecule has 0 aliphatic rings. The van der Waals surface area contributed by atoms with E-state index in [4.69, 9.17) is 5.11 Å². The fourth-order valence-corrected chi connectivity index (χ4v) is 1.40. The minimum atomic E-state index is -1.18. The summed E-state index contributed by atoms with van der Waals surface area (Å²) in [6.45, 7) is 1.89. The summed E-state index contributed by atoms with van der Waals surface area (Å²) >= 11 is 0. The molecule has 0 spiro atoms. The van der Waals surface area contributed by atoms with Crippen molar-refractivity contribution >= 4 is 17.7 Å². The Morgan fingerprint density at radius 2 is 1.89 bits per heavy atom. The number of hydrogen-bond donors (Lipinski definition) is 2. The number of nitrogens with zero attached hydrogens (tertiary/aromatic N) is 2. The first-order chi connectivity index (χ1) is 9.06. The molecule has 0 fully saturated rings. The van der Waals surface area contributed by atoms with Gasteiger partial charge >= 0.3 is 5.97 Å². The molecule has 0 saturated heterocycles. The minimum Gasteiger partial charge on any atom is -0.477 e. The van der Waals surface area contributed by atoms with Gasteiger partial charge in [-0.15, -0.1) is 0 Å². The molecule has 96 valence electrons. The molecule has 2 heterocycles. The Morgan fingerprint density at radius 1 is 1.16 bits per heavy atom. The second-order valence-electron chi connectivity index (χ2n) is 3.89. The van der Waals surface area contributed by atoms with E-state index in [-0.39, 0.29) is 11.4 Å². The van der Waals surface area contributed by atoms with Crippen LogP contribution in [-0.2, 0) is 0 Å². The van der Waals surface area contributed by atoms with Crippen molar-refractivity contribution in [1.82, 2.24) is 9.97 Å². The van der Waals surface area contributed by atoms with Crippen LogP contribution in [0.1, 0.15) is 26.5 Å². The fourth-order valence-electron chi connectivity index (χ4n) is 1.40. The quantitative estimate of drug-likeness (QED) is 0.873. The van der Waals surface area contributed by atoms with Crippen molar-refractivity contribution in [2.24, 2.45) is 0 Å². The lowest BCUT2D eigenvalue weighted by Gasteiger charge is -2.04. The van der Waals surface area contributed by atoms with E-state index >= 15 is 0 Å². The van der Waals surface area contributed by atoms with E-state index in [0.29, 0.717) is 5.82 Å². The van der Waals surface area contributed by atoms with Crippen molar-refractivity contribution in [2.75, 3.05) is 5.32 Å². The van der Waals surface area contributed by atoms with Crippen LogP contribution in [0, 0.1) is 6.92 Å². The number of carboxylic acids is 1. The normalized spacial score (nSPS) is 9.95. The molecular formula is C13H11N3O3. The highest BCUT2D eigenvalue weighted by atomic mass is 16.4. The summed E-state index contributed by atoms with van der Waals surface area (Å²) in [5.41, 5.74) is 0.829. The predicted molar refractivity (Wildman–Crippen MR) is 68.1 cm³/mol. The highest BCUT2D eigenvalue weighted by molar-refractivity contribution is 6.02. The van der Waals surface area contributed by atoms with Crippen LogP contribution >= 0.6 is 0 Å². The number of carbonyl (C=O) groups excluding carboxylic acids is 1. The Balaban J connectivity index is 2.18. The molecule has 2 aromatic heterocycles. The van der Waals surface area contributed by atoms with Gasteiger partial charge in [0.2, 0.25) is 0 Å². The smallest absolute Gasteiger partial charge is 0.354 e. The Kier molecular flexibility index (Phi) is 3.51. The molecule has 0 bridgehead atoms. The molecule has 0 aromatic carbocycles. The van der Waals surface area contributed by atoms with Gasteiger partial charge in [0.25, 0.3) is 5.91 Å². The lowest BCUT2D eigenvalue weighted by molar-refractivity contribution is 0.0690. The summed E-state index contributed by atoms with van der Waals surface area (Å²) in [4.78, 5) is 30.4. The lowest BCUT2D eigenvalue weighted by atomic mass is 10.3. The molecule has 0 unspecified atom stereocenters. The van der Waals surface area contributed by atoms with Gasteiger partial charge in [-0.25, -0.2) is 14.8 Å². The highest BCUT2D eigenvalue weighted by Crippen LogP contribution is 2.07. The Labute approximate surface area is 109 Å². The van der Waals surface area contributed by atoms with Crippen molar-refractivity contribution in [3.05, 3.63) is 53.5 Å². The summed E-state index contributed by atoms with van der Waals surface area (Å²) in [7, 11) is 0. The summed E-state index contributed by atoms with van der Waals surface area (Å²) in [5, 5.41) is 11.4. The number of aromatic carboxylic acids is 1. The van der Waals surface area contributed by atoms with E-state index < -0.39 is 11.9 Å². The fraction of sp³-hybridized carbons (Fsp3) is 0.0769. The van der Waals surface area contributed by atoms with Gasteiger partial charge in [0.15, 0.2) is 0 Å². The van der Waals surface area contributed by atoms with Crippen molar-refractivity contribution < 1.29 is 14.7 Å². The monoisotopic (exact) mass is 257 g/mol. The SMILES string of the molecule is Cc1ccc(NC(=O)c2cccc(C(=O)O)n2)nc1. The number of anilines is 1. The molecular weight excluding hydrogens is 246 g/mol. The van der Waals surface area contributed by atoms with Crippen LogP contribution in [-0.4, -0.2) is 27.0 Å². The number of nitrogens with one attached hydrogen (secondary N) is 1. The van der Waals surface area contributed by atoms with Gasteiger partial charge < -0.3 is 10.4 Å². The molecule has 2 aromatic rings. The number of hydrogen-bond acceptors (Lipinski definition) is 4. The zero-order chi connectivity index (χ0) is 13.8. The van der Waals surface area contributed by atoms with Gasteiger partial charge in [-0.2, -0.15) is 0 Å². The van der Waals surface area contributed by atoms with Crippen LogP contribution in [0.15, 0.2) is 36.5 Å². The van der Waals surface area contributed by atoms with Crippen LogP contribution in [0.4, 0.5) is 5.82 Å². The number of pyridine rings is 2. The van der Waals surface area contributed by atoms with Gasteiger partial charge in [-0.05, 0) is 30.7 Å². The zero-order valence-electron chi connectivity index (χ0n) is 10.1. The van der Waals surface area contributed by atoms with E-state index in [2.05, 4.69) is 15.3 Å². The largest absolute Gasteiger partial charge is 0.477 e. The summed E-state index contributed by atoms with van der Waals surface area (Å²) < 4.78 is 0. The molecule has 6 heteroatoms. The molecule has 2 rings (SSSR count). The highest BCUT2D eigenvalue weighted by Gasteiger charge is 2.11. The lowest BCUT2D eigenvalue weighted by Crippen LogP contribution is -2.16. The Morgan fingerprint density at radius 3 is 2.53 bits per heavy atom.